The molecule has 2 nitrogen and oxygen atoms in total. The van der Waals surface area contributed by atoms with Gasteiger partial charge in [0.05, 0.1) is 12.0 Å². The van der Waals surface area contributed by atoms with Crippen LogP contribution in [0.5, 0.6) is 0 Å². The molecule has 0 spiro atoms. The minimum absolute atomic E-state index is 0.262. The molecule has 0 saturated carbocycles. The predicted molar refractivity (Wildman–Crippen MR) is 54.0 cm³/mol. The van der Waals surface area contributed by atoms with Crippen LogP contribution in [0.15, 0.2) is 24.3 Å². The molecule has 6 heteroatoms. The third-order valence-corrected chi connectivity index (χ3v) is 2.03. The maximum absolute atomic E-state index is 13.1. The Hall–Kier alpha value is -1.59. The van der Waals surface area contributed by atoms with Crippen molar-refractivity contribution in [3.05, 3.63) is 35.6 Å². The maximum Gasteiger partial charge on any atom is 0.391 e. The highest BCUT2D eigenvalue weighted by atomic mass is 19.4. The summed E-state index contributed by atoms with van der Waals surface area (Å²) in [5.41, 5.74) is -0.262. The minimum Gasteiger partial charge on any atom is -0.349 e. The van der Waals surface area contributed by atoms with Gasteiger partial charge >= 0.3 is 6.18 Å². The standard InChI is InChI=1S/C11H11F4NO/c1-7(6-11(13,14)15)16-10(17)8-4-2-3-5-9(8)12/h2-5,7H,6H2,1H3,(H,16,17). The number of hydrogen-bond donors (Lipinski definition) is 1. The van der Waals surface area contributed by atoms with Crippen molar-refractivity contribution in [2.24, 2.45) is 0 Å². The first-order valence-electron chi connectivity index (χ1n) is 4.92. The van der Waals surface area contributed by atoms with Crippen molar-refractivity contribution in [3.8, 4) is 0 Å². The maximum atomic E-state index is 13.1. The Labute approximate surface area is 95.6 Å². The second-order valence-electron chi connectivity index (χ2n) is 3.67. The molecule has 0 radical (unpaired) electrons. The Bertz CT molecular complexity index is 403. The van der Waals surface area contributed by atoms with Crippen LogP contribution in [0.25, 0.3) is 0 Å². The average molecular weight is 249 g/mol. The molecule has 1 amide bonds. The van der Waals surface area contributed by atoms with Gasteiger partial charge in [0.2, 0.25) is 0 Å². The predicted octanol–water partition coefficient (Wildman–Crippen LogP) is 2.90. The topological polar surface area (TPSA) is 29.1 Å². The van der Waals surface area contributed by atoms with Gasteiger partial charge in [0.1, 0.15) is 5.82 Å². The van der Waals surface area contributed by atoms with Crippen LogP contribution in [0.1, 0.15) is 23.7 Å². The van der Waals surface area contributed by atoms with Crippen molar-refractivity contribution in [1.82, 2.24) is 5.32 Å². The van der Waals surface area contributed by atoms with Crippen molar-refractivity contribution in [2.45, 2.75) is 25.6 Å². The van der Waals surface area contributed by atoms with Crippen LogP contribution in [-0.2, 0) is 0 Å². The Morgan fingerprint density at radius 2 is 1.94 bits per heavy atom. The molecule has 0 aliphatic rings. The first-order valence-corrected chi connectivity index (χ1v) is 4.92. The molecule has 17 heavy (non-hydrogen) atoms. The van der Waals surface area contributed by atoms with Gasteiger partial charge in [-0.3, -0.25) is 4.79 Å². The van der Waals surface area contributed by atoms with Gasteiger partial charge in [-0.05, 0) is 19.1 Å². The first-order chi connectivity index (χ1) is 7.79. The number of benzene rings is 1. The normalized spacial score (nSPS) is 13.2. The third kappa shape index (κ3) is 4.42. The number of amides is 1. The Balaban J connectivity index is 2.64. The molecule has 0 aliphatic heterocycles. The van der Waals surface area contributed by atoms with Crippen molar-refractivity contribution in [3.63, 3.8) is 0 Å². The lowest BCUT2D eigenvalue weighted by molar-refractivity contribution is -0.138. The molecule has 0 fully saturated rings. The number of hydrogen-bond acceptors (Lipinski definition) is 1. The van der Waals surface area contributed by atoms with Gasteiger partial charge in [-0.25, -0.2) is 4.39 Å². The molecule has 0 aliphatic carbocycles. The SMILES string of the molecule is CC(CC(F)(F)F)NC(=O)c1ccccc1F. The second kappa shape index (κ2) is 5.16. The van der Waals surface area contributed by atoms with E-state index in [0.29, 0.717) is 0 Å². The molecule has 1 aromatic carbocycles. The Kier molecular flexibility index (Phi) is 4.09. The number of halogens is 4. The summed E-state index contributed by atoms with van der Waals surface area (Å²) in [4.78, 5) is 11.4. The van der Waals surface area contributed by atoms with E-state index >= 15 is 0 Å². The lowest BCUT2D eigenvalue weighted by Gasteiger charge is -2.15. The number of alkyl halides is 3. The zero-order valence-corrected chi connectivity index (χ0v) is 9.01. The van der Waals surface area contributed by atoms with E-state index in [2.05, 4.69) is 5.32 Å². The van der Waals surface area contributed by atoms with Crippen LogP contribution >= 0.6 is 0 Å². The zero-order chi connectivity index (χ0) is 13.1. The quantitative estimate of drug-likeness (QED) is 0.820. The van der Waals surface area contributed by atoms with Gasteiger partial charge in [-0.1, -0.05) is 12.1 Å². The summed E-state index contributed by atoms with van der Waals surface area (Å²) < 4.78 is 49.2. The fourth-order valence-corrected chi connectivity index (χ4v) is 1.35. The number of carbonyl (C=O) groups excluding carboxylic acids is 1. The van der Waals surface area contributed by atoms with Crippen molar-refractivity contribution < 1.29 is 22.4 Å². The monoisotopic (exact) mass is 249 g/mol. The van der Waals surface area contributed by atoms with Crippen molar-refractivity contribution >= 4 is 5.91 Å². The number of nitrogens with one attached hydrogen (secondary N) is 1. The highest BCUT2D eigenvalue weighted by Crippen LogP contribution is 2.21. The molecular weight excluding hydrogens is 238 g/mol. The fraction of sp³-hybridized carbons (Fsp3) is 0.364. The minimum atomic E-state index is -4.36. The van der Waals surface area contributed by atoms with Crippen LogP contribution in [0.2, 0.25) is 0 Å². The first kappa shape index (κ1) is 13.5. The summed E-state index contributed by atoms with van der Waals surface area (Å²) in [5, 5.41) is 2.09. The molecule has 1 aromatic rings. The molecule has 1 rings (SSSR count). The zero-order valence-electron chi connectivity index (χ0n) is 9.01. The summed E-state index contributed by atoms with van der Waals surface area (Å²) in [6.07, 6.45) is -5.50. The van der Waals surface area contributed by atoms with E-state index in [9.17, 15) is 22.4 Å². The summed E-state index contributed by atoms with van der Waals surface area (Å²) in [6.45, 7) is 1.21. The van der Waals surface area contributed by atoms with E-state index < -0.39 is 30.4 Å². The van der Waals surface area contributed by atoms with Crippen LogP contribution < -0.4 is 5.32 Å². The molecule has 94 valence electrons. The van der Waals surface area contributed by atoms with E-state index in [1.165, 1.54) is 25.1 Å². The highest BCUT2D eigenvalue weighted by Gasteiger charge is 2.30. The van der Waals surface area contributed by atoms with E-state index in [1.807, 2.05) is 0 Å². The van der Waals surface area contributed by atoms with E-state index in [4.69, 9.17) is 0 Å². The van der Waals surface area contributed by atoms with Gasteiger partial charge in [0, 0.05) is 6.04 Å². The molecule has 1 atom stereocenters. The summed E-state index contributed by atoms with van der Waals surface area (Å²) in [7, 11) is 0. The summed E-state index contributed by atoms with van der Waals surface area (Å²) in [5.74, 6) is -1.61. The van der Waals surface area contributed by atoms with Gasteiger partial charge in [0.15, 0.2) is 0 Å². The lowest BCUT2D eigenvalue weighted by atomic mass is 10.1. The van der Waals surface area contributed by atoms with E-state index in [0.717, 1.165) is 6.07 Å². The average Bonchev–Trinajstić information content (AvgIpc) is 2.14. The van der Waals surface area contributed by atoms with Crippen molar-refractivity contribution in [2.75, 3.05) is 0 Å². The largest absolute Gasteiger partial charge is 0.391 e. The van der Waals surface area contributed by atoms with E-state index in [-0.39, 0.29) is 5.56 Å². The van der Waals surface area contributed by atoms with E-state index in [1.54, 1.807) is 0 Å². The summed E-state index contributed by atoms with van der Waals surface area (Å²) in [6, 6.07) is 4.02. The number of carbonyl (C=O) groups is 1. The van der Waals surface area contributed by atoms with Gasteiger partial charge in [-0.2, -0.15) is 13.2 Å². The van der Waals surface area contributed by atoms with Gasteiger partial charge in [0.25, 0.3) is 5.91 Å². The van der Waals surface area contributed by atoms with Crippen LogP contribution in [0.4, 0.5) is 17.6 Å². The smallest absolute Gasteiger partial charge is 0.349 e. The van der Waals surface area contributed by atoms with Gasteiger partial charge in [-0.15, -0.1) is 0 Å². The Morgan fingerprint density at radius 1 is 1.35 bits per heavy atom. The second-order valence-corrected chi connectivity index (χ2v) is 3.67. The molecule has 0 saturated heterocycles. The lowest BCUT2D eigenvalue weighted by Crippen LogP contribution is -2.36. The molecule has 0 bridgehead atoms. The number of rotatable bonds is 3. The molecular formula is C11H11F4NO. The molecule has 1 N–H and O–H groups in total. The van der Waals surface area contributed by atoms with Crippen LogP contribution in [0, 0.1) is 5.82 Å². The Morgan fingerprint density at radius 3 is 2.47 bits per heavy atom. The molecule has 0 aromatic heterocycles. The van der Waals surface area contributed by atoms with Crippen LogP contribution in [0.3, 0.4) is 0 Å². The van der Waals surface area contributed by atoms with Crippen LogP contribution in [-0.4, -0.2) is 18.1 Å². The van der Waals surface area contributed by atoms with Crippen molar-refractivity contribution in [1.29, 1.82) is 0 Å². The summed E-state index contributed by atoms with van der Waals surface area (Å²) >= 11 is 0. The van der Waals surface area contributed by atoms with Gasteiger partial charge < -0.3 is 5.32 Å². The molecule has 0 heterocycles. The molecule has 1 unspecified atom stereocenters. The third-order valence-electron chi connectivity index (χ3n) is 2.03. The highest BCUT2D eigenvalue weighted by molar-refractivity contribution is 5.94. The fourth-order valence-electron chi connectivity index (χ4n) is 1.35.